The van der Waals surface area contributed by atoms with Gasteiger partial charge in [-0.25, -0.2) is 17.7 Å². The number of nitrogens with one attached hydrogen (secondary N) is 2. The summed E-state index contributed by atoms with van der Waals surface area (Å²) in [6, 6.07) is 4.93. The molecule has 182 valence electrons. The lowest BCUT2D eigenvalue weighted by atomic mass is 9.89. The SMILES string of the molecule is CCn1c(CCC(=O)NCCNC(=O)C2CCCCC2)nc2cc(S(=O)(=O)N(C)C)ccc21. The average molecular weight is 478 g/mol. The molecule has 0 radical (unpaired) electrons. The maximum Gasteiger partial charge on any atom is 0.242 e. The highest BCUT2D eigenvalue weighted by molar-refractivity contribution is 7.89. The molecule has 3 rings (SSSR count). The van der Waals surface area contributed by atoms with Crippen molar-refractivity contribution in [3.05, 3.63) is 24.0 Å². The Morgan fingerprint density at radius 1 is 1.12 bits per heavy atom. The van der Waals surface area contributed by atoms with Gasteiger partial charge in [0.15, 0.2) is 0 Å². The minimum Gasteiger partial charge on any atom is -0.354 e. The summed E-state index contributed by atoms with van der Waals surface area (Å²) in [5.41, 5.74) is 1.44. The molecule has 0 aliphatic heterocycles. The van der Waals surface area contributed by atoms with E-state index in [0.29, 0.717) is 31.6 Å². The second-order valence-corrected chi connectivity index (χ2v) is 10.8. The van der Waals surface area contributed by atoms with E-state index < -0.39 is 10.0 Å². The average Bonchev–Trinajstić information content (AvgIpc) is 3.17. The molecule has 1 saturated carbocycles. The van der Waals surface area contributed by atoms with E-state index in [1.807, 2.05) is 11.5 Å². The topological polar surface area (TPSA) is 113 Å². The van der Waals surface area contributed by atoms with Crippen molar-refractivity contribution < 1.29 is 18.0 Å². The maximum absolute atomic E-state index is 12.4. The van der Waals surface area contributed by atoms with Crippen molar-refractivity contribution in [3.8, 4) is 0 Å². The van der Waals surface area contributed by atoms with Crippen molar-refractivity contribution in [1.29, 1.82) is 0 Å². The molecule has 1 aromatic carbocycles. The van der Waals surface area contributed by atoms with E-state index in [-0.39, 0.29) is 29.0 Å². The Balaban J connectivity index is 1.53. The zero-order valence-electron chi connectivity index (χ0n) is 19.8. The standard InChI is InChI=1S/C23H35N5O4S/c1-4-28-20-11-10-18(33(31,32)27(2)3)16-19(20)26-21(28)12-13-22(29)24-14-15-25-23(30)17-8-6-5-7-9-17/h10-11,16-17H,4-9,12-15H2,1-3H3,(H,24,29)(H,25,30). The highest BCUT2D eigenvalue weighted by Gasteiger charge is 2.21. The van der Waals surface area contributed by atoms with Crippen molar-refractivity contribution in [2.45, 2.75) is 63.3 Å². The number of hydrogen-bond acceptors (Lipinski definition) is 5. The van der Waals surface area contributed by atoms with E-state index in [1.54, 1.807) is 18.2 Å². The van der Waals surface area contributed by atoms with Gasteiger partial charge in [0.05, 0.1) is 15.9 Å². The summed E-state index contributed by atoms with van der Waals surface area (Å²) < 4.78 is 28.0. The molecule has 2 N–H and O–H groups in total. The lowest BCUT2D eigenvalue weighted by Crippen LogP contribution is -2.38. The number of aromatic nitrogens is 2. The molecule has 1 heterocycles. The Morgan fingerprint density at radius 2 is 1.82 bits per heavy atom. The smallest absolute Gasteiger partial charge is 0.242 e. The summed E-state index contributed by atoms with van der Waals surface area (Å²) in [5.74, 6) is 0.848. The van der Waals surface area contributed by atoms with Crippen LogP contribution in [0.25, 0.3) is 11.0 Å². The van der Waals surface area contributed by atoms with Crippen molar-refractivity contribution in [3.63, 3.8) is 0 Å². The lowest BCUT2D eigenvalue weighted by Gasteiger charge is -2.20. The van der Waals surface area contributed by atoms with Gasteiger partial charge in [-0.3, -0.25) is 9.59 Å². The van der Waals surface area contributed by atoms with Gasteiger partial charge in [0.25, 0.3) is 0 Å². The van der Waals surface area contributed by atoms with Gasteiger partial charge in [0, 0.05) is 52.5 Å². The molecule has 10 heteroatoms. The van der Waals surface area contributed by atoms with Gasteiger partial charge in [0.1, 0.15) is 5.82 Å². The van der Waals surface area contributed by atoms with Crippen LogP contribution in [0.1, 0.15) is 51.3 Å². The van der Waals surface area contributed by atoms with Crippen LogP contribution in [-0.2, 0) is 32.6 Å². The van der Waals surface area contributed by atoms with Crippen molar-refractivity contribution in [2.75, 3.05) is 27.2 Å². The van der Waals surface area contributed by atoms with Crippen molar-refractivity contribution in [2.24, 2.45) is 5.92 Å². The number of carbonyl (C=O) groups excluding carboxylic acids is 2. The van der Waals surface area contributed by atoms with Gasteiger partial charge in [-0.2, -0.15) is 0 Å². The van der Waals surface area contributed by atoms with Crippen LogP contribution in [0.3, 0.4) is 0 Å². The minimum atomic E-state index is -3.54. The molecular weight excluding hydrogens is 442 g/mol. The summed E-state index contributed by atoms with van der Waals surface area (Å²) in [6.07, 6.45) is 6.07. The van der Waals surface area contributed by atoms with Gasteiger partial charge in [-0.15, -0.1) is 0 Å². The Morgan fingerprint density at radius 3 is 2.48 bits per heavy atom. The number of rotatable bonds is 10. The lowest BCUT2D eigenvalue weighted by molar-refractivity contribution is -0.126. The first kappa shape index (κ1) is 25.2. The number of nitrogens with zero attached hydrogens (tertiary/aromatic N) is 3. The van der Waals surface area contributed by atoms with Gasteiger partial charge in [0.2, 0.25) is 21.8 Å². The minimum absolute atomic E-state index is 0.0938. The predicted molar refractivity (Wildman–Crippen MR) is 127 cm³/mol. The molecule has 1 aromatic heterocycles. The van der Waals surface area contributed by atoms with Crippen LogP contribution in [0, 0.1) is 5.92 Å². The van der Waals surface area contributed by atoms with E-state index in [9.17, 15) is 18.0 Å². The zero-order valence-corrected chi connectivity index (χ0v) is 20.6. The summed E-state index contributed by atoms with van der Waals surface area (Å²) in [7, 11) is -0.549. The molecule has 1 aliphatic rings. The number of carbonyl (C=O) groups is 2. The third kappa shape index (κ3) is 6.11. The Bertz CT molecular complexity index is 1090. The van der Waals surface area contributed by atoms with E-state index >= 15 is 0 Å². The number of hydrogen-bond donors (Lipinski definition) is 2. The molecule has 0 bridgehead atoms. The Hall–Kier alpha value is -2.46. The molecule has 2 aromatic rings. The molecule has 1 fully saturated rings. The number of imidazole rings is 1. The second-order valence-electron chi connectivity index (χ2n) is 8.69. The predicted octanol–water partition coefficient (Wildman–Crippen LogP) is 2.05. The number of fused-ring (bicyclic) bond motifs is 1. The molecule has 0 spiro atoms. The van der Waals surface area contributed by atoms with Crippen LogP contribution >= 0.6 is 0 Å². The van der Waals surface area contributed by atoms with Crippen LogP contribution in [0.2, 0.25) is 0 Å². The van der Waals surface area contributed by atoms with Crippen LogP contribution in [0.15, 0.2) is 23.1 Å². The fourth-order valence-corrected chi connectivity index (χ4v) is 5.21. The first-order chi connectivity index (χ1) is 15.7. The van der Waals surface area contributed by atoms with Crippen molar-refractivity contribution >= 4 is 32.9 Å². The molecule has 9 nitrogen and oxygen atoms in total. The molecule has 0 atom stereocenters. The van der Waals surface area contributed by atoms with Gasteiger partial charge in [-0.05, 0) is 38.0 Å². The summed E-state index contributed by atoms with van der Waals surface area (Å²) >= 11 is 0. The molecular formula is C23H35N5O4S. The first-order valence-corrected chi connectivity index (χ1v) is 13.1. The number of benzene rings is 1. The Kier molecular flexibility index (Phi) is 8.47. The second kappa shape index (κ2) is 11.1. The van der Waals surface area contributed by atoms with Crippen LogP contribution < -0.4 is 10.6 Å². The third-order valence-electron chi connectivity index (χ3n) is 6.19. The quantitative estimate of drug-likeness (QED) is 0.509. The molecule has 0 unspecified atom stereocenters. The summed E-state index contributed by atoms with van der Waals surface area (Å²) in [6.45, 7) is 3.48. The number of sulfonamides is 1. The monoisotopic (exact) mass is 477 g/mol. The van der Waals surface area contributed by atoms with Crippen molar-refractivity contribution in [1.82, 2.24) is 24.5 Å². The molecule has 0 saturated heterocycles. The van der Waals surface area contributed by atoms with Crippen LogP contribution in [0.5, 0.6) is 0 Å². The molecule has 2 amide bonds. The van der Waals surface area contributed by atoms with E-state index in [1.165, 1.54) is 24.8 Å². The highest BCUT2D eigenvalue weighted by atomic mass is 32.2. The van der Waals surface area contributed by atoms with E-state index in [0.717, 1.165) is 37.0 Å². The number of aryl methyl sites for hydroxylation is 2. The third-order valence-corrected chi connectivity index (χ3v) is 8.00. The maximum atomic E-state index is 12.4. The fraction of sp³-hybridized carbons (Fsp3) is 0.609. The van der Waals surface area contributed by atoms with Gasteiger partial charge in [-0.1, -0.05) is 19.3 Å². The van der Waals surface area contributed by atoms with Gasteiger partial charge >= 0.3 is 0 Å². The molecule has 1 aliphatic carbocycles. The van der Waals surface area contributed by atoms with E-state index in [2.05, 4.69) is 15.6 Å². The first-order valence-electron chi connectivity index (χ1n) is 11.7. The normalized spacial score (nSPS) is 15.2. The van der Waals surface area contributed by atoms with Crippen LogP contribution in [-0.4, -0.2) is 61.3 Å². The van der Waals surface area contributed by atoms with Crippen LogP contribution in [0.4, 0.5) is 0 Å². The summed E-state index contributed by atoms with van der Waals surface area (Å²) in [4.78, 5) is 29.2. The highest BCUT2D eigenvalue weighted by Crippen LogP contribution is 2.24. The number of amides is 2. The Labute approximate surface area is 196 Å². The summed E-state index contributed by atoms with van der Waals surface area (Å²) in [5, 5.41) is 5.77. The fourth-order valence-electron chi connectivity index (χ4n) is 4.28. The van der Waals surface area contributed by atoms with E-state index in [4.69, 9.17) is 0 Å². The van der Waals surface area contributed by atoms with Gasteiger partial charge < -0.3 is 15.2 Å². The molecule has 33 heavy (non-hydrogen) atoms. The zero-order chi connectivity index (χ0) is 24.0. The largest absolute Gasteiger partial charge is 0.354 e.